The van der Waals surface area contributed by atoms with E-state index in [0.717, 1.165) is 36.6 Å². The molecule has 4 rings (SSSR count). The van der Waals surface area contributed by atoms with Gasteiger partial charge in [-0.2, -0.15) is 0 Å². The van der Waals surface area contributed by atoms with Gasteiger partial charge in [-0.25, -0.2) is 4.39 Å². The normalized spacial score (nSPS) is 22.8. The Morgan fingerprint density at radius 3 is 2.92 bits per heavy atom. The van der Waals surface area contributed by atoms with Crippen molar-refractivity contribution in [1.29, 1.82) is 0 Å². The minimum atomic E-state index is -0.193. The molecule has 5 heteroatoms. The van der Waals surface area contributed by atoms with Crippen LogP contribution in [0.15, 0.2) is 42.5 Å². The number of piperidine rings is 1. The summed E-state index contributed by atoms with van der Waals surface area (Å²) >= 11 is 0. The molecule has 132 valence electrons. The van der Waals surface area contributed by atoms with Gasteiger partial charge >= 0.3 is 0 Å². The van der Waals surface area contributed by atoms with E-state index in [4.69, 9.17) is 14.2 Å². The van der Waals surface area contributed by atoms with Crippen molar-refractivity contribution < 1.29 is 18.6 Å². The molecule has 1 N–H and O–H groups in total. The first-order valence-electron chi connectivity index (χ1n) is 8.72. The Morgan fingerprint density at radius 2 is 2.04 bits per heavy atom. The van der Waals surface area contributed by atoms with Crippen LogP contribution < -0.4 is 14.8 Å². The first kappa shape index (κ1) is 16.4. The molecule has 0 saturated carbocycles. The Balaban J connectivity index is 1.48. The van der Waals surface area contributed by atoms with Gasteiger partial charge in [-0.1, -0.05) is 18.2 Å². The van der Waals surface area contributed by atoms with E-state index in [1.165, 1.54) is 17.7 Å². The Morgan fingerprint density at radius 1 is 1.16 bits per heavy atom. The highest BCUT2D eigenvalue weighted by atomic mass is 19.1. The predicted molar refractivity (Wildman–Crippen MR) is 92.3 cm³/mol. The fourth-order valence-electron chi connectivity index (χ4n) is 3.65. The number of benzene rings is 2. The van der Waals surface area contributed by atoms with Gasteiger partial charge in [0, 0.05) is 12.5 Å². The maximum Gasteiger partial charge on any atom is 0.189 e. The average Bonchev–Trinajstić information content (AvgIpc) is 2.67. The van der Waals surface area contributed by atoms with Crippen LogP contribution in [0.1, 0.15) is 23.5 Å². The molecule has 2 aliphatic rings. The molecule has 2 aromatic rings. The second-order valence-electron chi connectivity index (χ2n) is 6.57. The number of ether oxygens (including phenoxy) is 3. The zero-order chi connectivity index (χ0) is 17.1. The van der Waals surface area contributed by atoms with Crippen LogP contribution in [-0.4, -0.2) is 26.5 Å². The fraction of sp³-hybridized carbons (Fsp3) is 0.400. The standard InChI is InChI=1S/C20H22FNO3/c21-16-6-4-14(5-7-16)17-8-9-22-10-15(17)11-24-19-2-1-3-20-18(19)12-23-13-25-20/h1-7,15,17,22H,8-13H2/t15-,17-/m0/s1. The third kappa shape index (κ3) is 3.62. The highest BCUT2D eigenvalue weighted by molar-refractivity contribution is 5.45. The van der Waals surface area contributed by atoms with Crippen molar-refractivity contribution in [3.63, 3.8) is 0 Å². The Kier molecular flexibility index (Phi) is 4.85. The van der Waals surface area contributed by atoms with Gasteiger partial charge in [-0.15, -0.1) is 0 Å². The van der Waals surface area contributed by atoms with Crippen LogP contribution in [-0.2, 0) is 11.3 Å². The molecule has 25 heavy (non-hydrogen) atoms. The van der Waals surface area contributed by atoms with Gasteiger partial charge < -0.3 is 19.5 Å². The van der Waals surface area contributed by atoms with Crippen molar-refractivity contribution in [2.75, 3.05) is 26.5 Å². The summed E-state index contributed by atoms with van der Waals surface area (Å²) in [5, 5.41) is 3.44. The van der Waals surface area contributed by atoms with Crippen LogP contribution in [0.2, 0.25) is 0 Å². The van der Waals surface area contributed by atoms with Crippen molar-refractivity contribution in [2.45, 2.75) is 18.9 Å². The second-order valence-corrected chi connectivity index (χ2v) is 6.57. The summed E-state index contributed by atoms with van der Waals surface area (Å²) in [7, 11) is 0. The Bertz CT molecular complexity index is 719. The number of nitrogens with one attached hydrogen (secondary N) is 1. The molecule has 0 aliphatic carbocycles. The highest BCUT2D eigenvalue weighted by Crippen LogP contribution is 2.34. The minimum Gasteiger partial charge on any atom is -0.493 e. The maximum atomic E-state index is 13.2. The molecule has 0 unspecified atom stereocenters. The molecular formula is C20H22FNO3. The van der Waals surface area contributed by atoms with Gasteiger partial charge in [-0.05, 0) is 48.7 Å². The SMILES string of the molecule is Fc1ccc([C@@H]2CCNC[C@H]2COc2cccc3c2COCO3)cc1. The molecule has 0 amide bonds. The molecule has 2 aliphatic heterocycles. The van der Waals surface area contributed by atoms with Crippen LogP contribution in [0.4, 0.5) is 4.39 Å². The lowest BCUT2D eigenvalue weighted by molar-refractivity contribution is -0.0180. The zero-order valence-electron chi connectivity index (χ0n) is 14.0. The van der Waals surface area contributed by atoms with Crippen LogP contribution in [0.5, 0.6) is 11.5 Å². The van der Waals surface area contributed by atoms with Gasteiger partial charge in [-0.3, -0.25) is 0 Å². The Hall–Kier alpha value is -2.11. The third-order valence-corrected chi connectivity index (χ3v) is 4.99. The topological polar surface area (TPSA) is 39.7 Å². The van der Waals surface area contributed by atoms with Crippen molar-refractivity contribution in [2.24, 2.45) is 5.92 Å². The summed E-state index contributed by atoms with van der Waals surface area (Å²) in [6, 6.07) is 12.7. The summed E-state index contributed by atoms with van der Waals surface area (Å²) in [5.41, 5.74) is 2.15. The van der Waals surface area contributed by atoms with Gasteiger partial charge in [0.2, 0.25) is 0 Å². The number of hydrogen-bond acceptors (Lipinski definition) is 4. The lowest BCUT2D eigenvalue weighted by Crippen LogP contribution is -2.38. The number of fused-ring (bicyclic) bond motifs is 1. The first-order chi connectivity index (χ1) is 12.3. The number of halogens is 1. The molecule has 4 nitrogen and oxygen atoms in total. The molecule has 0 bridgehead atoms. The van der Waals surface area contributed by atoms with Crippen LogP contribution in [0, 0.1) is 11.7 Å². The second kappa shape index (κ2) is 7.42. The van der Waals surface area contributed by atoms with E-state index in [2.05, 4.69) is 5.32 Å². The minimum absolute atomic E-state index is 0.193. The third-order valence-electron chi connectivity index (χ3n) is 4.99. The summed E-state index contributed by atoms with van der Waals surface area (Å²) < 4.78 is 30.3. The monoisotopic (exact) mass is 343 g/mol. The summed E-state index contributed by atoms with van der Waals surface area (Å²) in [6.45, 7) is 3.27. The molecule has 2 aromatic carbocycles. The van der Waals surface area contributed by atoms with Gasteiger partial charge in [0.15, 0.2) is 6.79 Å². The molecule has 0 spiro atoms. The predicted octanol–water partition coefficient (Wildman–Crippen LogP) is 3.46. The number of rotatable bonds is 4. The van der Waals surface area contributed by atoms with Crippen molar-refractivity contribution >= 4 is 0 Å². The first-order valence-corrected chi connectivity index (χ1v) is 8.72. The summed E-state index contributed by atoms with van der Waals surface area (Å²) in [4.78, 5) is 0. The van der Waals surface area contributed by atoms with E-state index < -0.39 is 0 Å². The van der Waals surface area contributed by atoms with E-state index >= 15 is 0 Å². The van der Waals surface area contributed by atoms with Crippen molar-refractivity contribution in [3.8, 4) is 11.5 Å². The molecule has 1 saturated heterocycles. The van der Waals surface area contributed by atoms with E-state index in [9.17, 15) is 4.39 Å². The largest absolute Gasteiger partial charge is 0.493 e. The molecule has 0 aromatic heterocycles. The molecule has 2 heterocycles. The Labute approximate surface area is 146 Å². The zero-order valence-corrected chi connectivity index (χ0v) is 14.0. The molecule has 2 atom stereocenters. The van der Waals surface area contributed by atoms with Crippen molar-refractivity contribution in [1.82, 2.24) is 5.32 Å². The van der Waals surface area contributed by atoms with Gasteiger partial charge in [0.25, 0.3) is 0 Å². The number of hydrogen-bond donors (Lipinski definition) is 1. The summed E-state index contributed by atoms with van der Waals surface area (Å²) in [5.74, 6) is 2.16. The van der Waals surface area contributed by atoms with Crippen LogP contribution >= 0.6 is 0 Å². The summed E-state index contributed by atoms with van der Waals surface area (Å²) in [6.07, 6.45) is 1.03. The highest BCUT2D eigenvalue weighted by Gasteiger charge is 2.27. The van der Waals surface area contributed by atoms with Gasteiger partial charge in [0.1, 0.15) is 17.3 Å². The van der Waals surface area contributed by atoms with E-state index in [0.29, 0.717) is 25.0 Å². The van der Waals surface area contributed by atoms with Crippen LogP contribution in [0.3, 0.4) is 0 Å². The van der Waals surface area contributed by atoms with Crippen molar-refractivity contribution in [3.05, 3.63) is 59.4 Å². The fourth-order valence-corrected chi connectivity index (χ4v) is 3.65. The molecular weight excluding hydrogens is 321 g/mol. The molecule has 0 radical (unpaired) electrons. The smallest absolute Gasteiger partial charge is 0.189 e. The molecule has 1 fully saturated rings. The maximum absolute atomic E-state index is 13.2. The average molecular weight is 343 g/mol. The van der Waals surface area contributed by atoms with Crippen LogP contribution in [0.25, 0.3) is 0 Å². The van der Waals surface area contributed by atoms with E-state index in [1.807, 2.05) is 30.3 Å². The quantitative estimate of drug-likeness (QED) is 0.923. The lowest BCUT2D eigenvalue weighted by atomic mass is 9.81. The van der Waals surface area contributed by atoms with Gasteiger partial charge in [0.05, 0.1) is 18.8 Å². The van der Waals surface area contributed by atoms with E-state index in [-0.39, 0.29) is 12.6 Å². The van der Waals surface area contributed by atoms with E-state index in [1.54, 1.807) is 0 Å². The lowest BCUT2D eigenvalue weighted by Gasteiger charge is -2.33.